The minimum absolute atomic E-state index is 0.296. The van der Waals surface area contributed by atoms with Gasteiger partial charge in [0.1, 0.15) is 29.3 Å². The molecule has 1 aromatic carbocycles. The number of nitrogens with zero attached hydrogens (tertiary/aromatic N) is 4. The Kier molecular flexibility index (Phi) is 4.38. The summed E-state index contributed by atoms with van der Waals surface area (Å²) in [5.41, 5.74) is 4.19. The van der Waals surface area contributed by atoms with E-state index >= 15 is 0 Å². The second-order valence-corrected chi connectivity index (χ2v) is 7.62. The Morgan fingerprint density at radius 3 is 2.59 bits per heavy atom. The van der Waals surface area contributed by atoms with Crippen molar-refractivity contribution in [2.45, 2.75) is 18.9 Å². The summed E-state index contributed by atoms with van der Waals surface area (Å²) in [6.45, 7) is 2.17. The van der Waals surface area contributed by atoms with Crippen LogP contribution in [0.25, 0.3) is 33.1 Å². The SMILES string of the molecule is CN1CCC(Oc2ccc(-c3cnc4[nH]c5cnc(C#N)cc5c4c3)cc2)CC1. The van der Waals surface area contributed by atoms with Crippen molar-refractivity contribution in [3.8, 4) is 22.9 Å². The van der Waals surface area contributed by atoms with Gasteiger partial charge >= 0.3 is 0 Å². The highest BCUT2D eigenvalue weighted by Gasteiger charge is 2.18. The molecule has 4 aromatic rings. The molecular formula is C23H21N5O. The summed E-state index contributed by atoms with van der Waals surface area (Å²) in [6.07, 6.45) is 5.98. The van der Waals surface area contributed by atoms with E-state index in [1.54, 1.807) is 12.3 Å². The lowest BCUT2D eigenvalue weighted by molar-refractivity contribution is 0.114. The quantitative estimate of drug-likeness (QED) is 0.576. The number of pyridine rings is 2. The molecule has 0 bridgehead atoms. The predicted molar refractivity (Wildman–Crippen MR) is 113 cm³/mol. The van der Waals surface area contributed by atoms with Crippen LogP contribution in [0.2, 0.25) is 0 Å². The standard InChI is InChI=1S/C23H21N5O/c1-28-8-6-19(7-9-28)29-18-4-2-15(3-5-18)16-10-21-20-11-17(12-24)25-14-22(20)27-23(21)26-13-16/h2-5,10-11,13-14,19H,6-9H2,1H3,(H,26,27). The zero-order valence-electron chi connectivity index (χ0n) is 16.2. The Hall–Kier alpha value is -3.43. The number of rotatable bonds is 3. The number of nitrogens with one attached hydrogen (secondary N) is 1. The van der Waals surface area contributed by atoms with Gasteiger partial charge in [0.05, 0.1) is 11.7 Å². The van der Waals surface area contributed by atoms with Crippen LogP contribution in [-0.4, -0.2) is 46.1 Å². The van der Waals surface area contributed by atoms with Gasteiger partial charge in [-0.1, -0.05) is 12.1 Å². The molecule has 1 fully saturated rings. The van der Waals surface area contributed by atoms with Gasteiger partial charge in [0.25, 0.3) is 0 Å². The first kappa shape index (κ1) is 17.7. The monoisotopic (exact) mass is 383 g/mol. The van der Waals surface area contributed by atoms with Gasteiger partial charge in [-0.3, -0.25) is 0 Å². The number of ether oxygens (including phenoxy) is 1. The summed E-state index contributed by atoms with van der Waals surface area (Å²) in [5.74, 6) is 0.911. The van der Waals surface area contributed by atoms with Crippen LogP contribution in [0.1, 0.15) is 18.5 Å². The molecule has 6 heteroatoms. The molecule has 0 radical (unpaired) electrons. The number of nitriles is 1. The van der Waals surface area contributed by atoms with E-state index in [0.29, 0.717) is 11.8 Å². The third-order valence-corrected chi connectivity index (χ3v) is 5.61. The van der Waals surface area contributed by atoms with Gasteiger partial charge in [-0.2, -0.15) is 5.26 Å². The maximum Gasteiger partial charge on any atom is 0.141 e. The van der Waals surface area contributed by atoms with E-state index in [1.165, 1.54) is 0 Å². The van der Waals surface area contributed by atoms with Crippen LogP contribution in [0.15, 0.2) is 48.8 Å². The normalized spacial score (nSPS) is 15.6. The molecule has 0 spiro atoms. The number of fused-ring (bicyclic) bond motifs is 3. The van der Waals surface area contributed by atoms with E-state index < -0.39 is 0 Å². The van der Waals surface area contributed by atoms with Crippen LogP contribution in [-0.2, 0) is 0 Å². The molecule has 5 rings (SSSR count). The average molecular weight is 383 g/mol. The number of aromatic amines is 1. The Bertz CT molecular complexity index is 1210. The maximum absolute atomic E-state index is 9.14. The van der Waals surface area contributed by atoms with Gasteiger partial charge < -0.3 is 14.6 Å². The summed E-state index contributed by atoms with van der Waals surface area (Å²) in [5, 5.41) is 11.1. The first-order valence-electron chi connectivity index (χ1n) is 9.83. The molecule has 29 heavy (non-hydrogen) atoms. The van der Waals surface area contributed by atoms with Crippen molar-refractivity contribution in [2.24, 2.45) is 0 Å². The molecular weight excluding hydrogens is 362 g/mol. The average Bonchev–Trinajstić information content (AvgIpc) is 3.13. The fraction of sp³-hybridized carbons (Fsp3) is 0.261. The van der Waals surface area contributed by atoms with E-state index in [1.807, 2.05) is 18.3 Å². The number of likely N-dealkylation sites (tertiary alicyclic amines) is 1. The van der Waals surface area contributed by atoms with E-state index in [9.17, 15) is 0 Å². The Balaban J connectivity index is 1.42. The van der Waals surface area contributed by atoms with Gasteiger partial charge in [-0.05, 0) is 49.7 Å². The van der Waals surface area contributed by atoms with Gasteiger partial charge in [-0.15, -0.1) is 0 Å². The zero-order chi connectivity index (χ0) is 19.8. The minimum atomic E-state index is 0.296. The van der Waals surface area contributed by atoms with Crippen LogP contribution in [0.3, 0.4) is 0 Å². The van der Waals surface area contributed by atoms with Crippen molar-refractivity contribution in [2.75, 3.05) is 20.1 Å². The lowest BCUT2D eigenvalue weighted by atomic mass is 10.1. The van der Waals surface area contributed by atoms with Crippen LogP contribution in [0.5, 0.6) is 5.75 Å². The third kappa shape index (κ3) is 3.41. The topological polar surface area (TPSA) is 77.8 Å². The van der Waals surface area contributed by atoms with Crippen molar-refractivity contribution in [3.05, 3.63) is 54.5 Å². The molecule has 6 nitrogen and oxygen atoms in total. The van der Waals surface area contributed by atoms with Crippen molar-refractivity contribution < 1.29 is 4.74 Å². The fourth-order valence-corrected chi connectivity index (χ4v) is 3.92. The first-order chi connectivity index (χ1) is 14.2. The van der Waals surface area contributed by atoms with Gasteiger partial charge in [-0.25, -0.2) is 9.97 Å². The van der Waals surface area contributed by atoms with Crippen LogP contribution in [0, 0.1) is 11.3 Å². The summed E-state index contributed by atoms with van der Waals surface area (Å²) in [7, 11) is 2.15. The molecule has 0 atom stereocenters. The molecule has 1 saturated heterocycles. The molecule has 3 aromatic heterocycles. The number of hydrogen-bond acceptors (Lipinski definition) is 5. The largest absolute Gasteiger partial charge is 0.490 e. The summed E-state index contributed by atoms with van der Waals surface area (Å²) in [4.78, 5) is 14.3. The summed E-state index contributed by atoms with van der Waals surface area (Å²) in [6, 6.07) is 14.2. The number of benzene rings is 1. The van der Waals surface area contributed by atoms with Gasteiger partial charge in [0, 0.05) is 35.6 Å². The molecule has 0 amide bonds. The number of hydrogen-bond donors (Lipinski definition) is 1. The van der Waals surface area contributed by atoms with Crippen LogP contribution < -0.4 is 4.74 Å². The zero-order valence-corrected chi connectivity index (χ0v) is 16.2. The number of aromatic nitrogens is 3. The Morgan fingerprint density at radius 1 is 1.03 bits per heavy atom. The smallest absolute Gasteiger partial charge is 0.141 e. The number of H-pyrrole nitrogens is 1. The fourth-order valence-electron chi connectivity index (χ4n) is 3.92. The molecule has 1 aliphatic rings. The summed E-state index contributed by atoms with van der Waals surface area (Å²) >= 11 is 0. The first-order valence-corrected chi connectivity index (χ1v) is 9.83. The van der Waals surface area contributed by atoms with E-state index in [4.69, 9.17) is 10.00 Å². The number of piperidine rings is 1. The van der Waals surface area contributed by atoms with Crippen LogP contribution >= 0.6 is 0 Å². The second kappa shape index (κ2) is 7.19. The third-order valence-electron chi connectivity index (χ3n) is 5.61. The van der Waals surface area contributed by atoms with Crippen molar-refractivity contribution in [1.29, 1.82) is 5.26 Å². The van der Waals surface area contributed by atoms with E-state index in [-0.39, 0.29) is 0 Å². The van der Waals surface area contributed by atoms with Gasteiger partial charge in [0.2, 0.25) is 0 Å². The molecule has 4 heterocycles. The van der Waals surface area contributed by atoms with E-state index in [2.05, 4.69) is 51.2 Å². The predicted octanol–water partition coefficient (Wildman–Crippen LogP) is 4.12. The maximum atomic E-state index is 9.14. The summed E-state index contributed by atoms with van der Waals surface area (Å²) < 4.78 is 6.15. The lowest BCUT2D eigenvalue weighted by Gasteiger charge is -2.29. The molecule has 1 N–H and O–H groups in total. The highest BCUT2D eigenvalue weighted by molar-refractivity contribution is 6.06. The van der Waals surface area contributed by atoms with Crippen molar-refractivity contribution in [1.82, 2.24) is 19.9 Å². The lowest BCUT2D eigenvalue weighted by Crippen LogP contribution is -2.35. The van der Waals surface area contributed by atoms with Crippen LogP contribution in [0.4, 0.5) is 0 Å². The molecule has 0 aliphatic carbocycles. The van der Waals surface area contributed by atoms with Gasteiger partial charge in [0.15, 0.2) is 0 Å². The highest BCUT2D eigenvalue weighted by atomic mass is 16.5. The van der Waals surface area contributed by atoms with Crippen molar-refractivity contribution in [3.63, 3.8) is 0 Å². The molecule has 1 aliphatic heterocycles. The molecule has 144 valence electrons. The van der Waals surface area contributed by atoms with E-state index in [0.717, 1.165) is 64.7 Å². The van der Waals surface area contributed by atoms with Crippen molar-refractivity contribution >= 4 is 21.9 Å². The highest BCUT2D eigenvalue weighted by Crippen LogP contribution is 2.30. The minimum Gasteiger partial charge on any atom is -0.490 e. The Morgan fingerprint density at radius 2 is 1.83 bits per heavy atom. The molecule has 0 saturated carbocycles. The Labute approximate surface area is 168 Å². The molecule has 0 unspecified atom stereocenters. The second-order valence-electron chi connectivity index (χ2n) is 7.62.